The van der Waals surface area contributed by atoms with Gasteiger partial charge in [-0.05, 0) is 44.4 Å². The third-order valence-corrected chi connectivity index (χ3v) is 5.19. The largest absolute Gasteiger partial charge is 0.393 e. The molecule has 22 heavy (non-hydrogen) atoms. The molecule has 2 atom stereocenters. The summed E-state index contributed by atoms with van der Waals surface area (Å²) in [6.07, 6.45) is 1.94. The van der Waals surface area contributed by atoms with Gasteiger partial charge < -0.3 is 5.11 Å². The Morgan fingerprint density at radius 3 is 3.05 bits per heavy atom. The van der Waals surface area contributed by atoms with Gasteiger partial charge in [-0.25, -0.2) is 9.37 Å². The maximum absolute atomic E-state index is 13.8. The molecule has 5 heteroatoms. The van der Waals surface area contributed by atoms with Crippen molar-refractivity contribution < 1.29 is 9.50 Å². The van der Waals surface area contributed by atoms with Gasteiger partial charge in [-0.3, -0.25) is 4.90 Å². The first-order valence-electron chi connectivity index (χ1n) is 7.73. The molecule has 2 aromatic rings. The van der Waals surface area contributed by atoms with E-state index >= 15 is 0 Å². The number of aromatic nitrogens is 1. The van der Waals surface area contributed by atoms with Crippen LogP contribution in [0.2, 0.25) is 0 Å². The summed E-state index contributed by atoms with van der Waals surface area (Å²) in [5.41, 5.74) is 1.55. The highest BCUT2D eigenvalue weighted by molar-refractivity contribution is 7.13. The second-order valence-electron chi connectivity index (χ2n) is 6.00. The first kappa shape index (κ1) is 15.6. The van der Waals surface area contributed by atoms with E-state index in [-0.39, 0.29) is 11.9 Å². The first-order chi connectivity index (χ1) is 10.6. The molecule has 1 aliphatic heterocycles. The summed E-state index contributed by atoms with van der Waals surface area (Å²) in [6.45, 7) is 4.58. The molecule has 0 radical (unpaired) electrons. The van der Waals surface area contributed by atoms with E-state index in [0.717, 1.165) is 43.2 Å². The van der Waals surface area contributed by atoms with E-state index in [1.165, 1.54) is 17.4 Å². The van der Waals surface area contributed by atoms with Crippen molar-refractivity contribution in [2.45, 2.75) is 32.4 Å². The van der Waals surface area contributed by atoms with Crippen molar-refractivity contribution in [1.82, 2.24) is 9.88 Å². The molecule has 2 heterocycles. The van der Waals surface area contributed by atoms with E-state index in [1.54, 1.807) is 12.1 Å². The number of hydrogen-bond acceptors (Lipinski definition) is 4. The summed E-state index contributed by atoms with van der Waals surface area (Å²) in [5, 5.41) is 12.5. The lowest BCUT2D eigenvalue weighted by Gasteiger charge is -2.33. The standard InChI is InChI=1S/C17H21FN2OS/c1-12(21)13-5-4-8-20(9-13)10-14-11-22-17(19-14)15-6-2-3-7-16(15)18/h2-3,6-7,11-13,21H,4-5,8-10H2,1H3. The molecular weight excluding hydrogens is 299 g/mol. The van der Waals surface area contributed by atoms with Gasteiger partial charge >= 0.3 is 0 Å². The van der Waals surface area contributed by atoms with Gasteiger partial charge in [-0.2, -0.15) is 0 Å². The molecule has 1 N–H and O–H groups in total. The number of benzene rings is 1. The molecule has 1 saturated heterocycles. The number of halogens is 1. The quantitative estimate of drug-likeness (QED) is 0.936. The number of piperidine rings is 1. The zero-order chi connectivity index (χ0) is 15.5. The molecule has 0 bridgehead atoms. The van der Waals surface area contributed by atoms with Gasteiger partial charge in [-0.15, -0.1) is 11.3 Å². The third kappa shape index (κ3) is 3.54. The highest BCUT2D eigenvalue weighted by Crippen LogP contribution is 2.27. The first-order valence-corrected chi connectivity index (χ1v) is 8.61. The molecule has 3 nitrogen and oxygen atoms in total. The second-order valence-corrected chi connectivity index (χ2v) is 6.86. The molecule has 0 aliphatic carbocycles. The Morgan fingerprint density at radius 1 is 1.45 bits per heavy atom. The third-order valence-electron chi connectivity index (χ3n) is 4.27. The molecule has 3 rings (SSSR count). The van der Waals surface area contributed by atoms with Crippen LogP contribution in [0.15, 0.2) is 29.6 Å². The van der Waals surface area contributed by atoms with E-state index < -0.39 is 0 Å². The number of nitrogens with zero attached hydrogens (tertiary/aromatic N) is 2. The van der Waals surface area contributed by atoms with Crippen molar-refractivity contribution in [2.24, 2.45) is 5.92 Å². The van der Waals surface area contributed by atoms with Crippen molar-refractivity contribution in [1.29, 1.82) is 0 Å². The Morgan fingerprint density at radius 2 is 2.27 bits per heavy atom. The van der Waals surface area contributed by atoms with Crippen LogP contribution >= 0.6 is 11.3 Å². The number of aliphatic hydroxyl groups excluding tert-OH is 1. The Hall–Kier alpha value is -1.30. The van der Waals surface area contributed by atoms with Crippen molar-refractivity contribution in [3.05, 3.63) is 41.2 Å². The molecule has 0 amide bonds. The van der Waals surface area contributed by atoms with E-state index in [4.69, 9.17) is 0 Å². The molecule has 1 aliphatic rings. The van der Waals surface area contributed by atoms with E-state index in [2.05, 4.69) is 9.88 Å². The van der Waals surface area contributed by atoms with Crippen molar-refractivity contribution in [3.63, 3.8) is 0 Å². The van der Waals surface area contributed by atoms with Crippen molar-refractivity contribution >= 4 is 11.3 Å². The van der Waals surface area contributed by atoms with Crippen LogP contribution in [0.5, 0.6) is 0 Å². The molecule has 2 unspecified atom stereocenters. The van der Waals surface area contributed by atoms with E-state index in [0.29, 0.717) is 11.5 Å². The Bertz CT molecular complexity index is 629. The SMILES string of the molecule is CC(O)C1CCCN(Cc2csc(-c3ccccc3F)n2)C1. The normalized spacial score (nSPS) is 21.0. The Labute approximate surface area is 134 Å². The summed E-state index contributed by atoms with van der Waals surface area (Å²) >= 11 is 1.49. The summed E-state index contributed by atoms with van der Waals surface area (Å²) < 4.78 is 13.8. The summed E-state index contributed by atoms with van der Waals surface area (Å²) in [5.74, 6) is 0.119. The minimum absolute atomic E-state index is 0.226. The van der Waals surface area contributed by atoms with E-state index in [9.17, 15) is 9.50 Å². The fourth-order valence-electron chi connectivity index (χ4n) is 3.00. The van der Waals surface area contributed by atoms with Crippen LogP contribution in [0.25, 0.3) is 10.6 Å². The van der Waals surface area contributed by atoms with E-state index in [1.807, 2.05) is 18.4 Å². The van der Waals surface area contributed by atoms with Crippen LogP contribution in [0.3, 0.4) is 0 Å². The van der Waals surface area contributed by atoms with Crippen molar-refractivity contribution in [2.75, 3.05) is 13.1 Å². The average molecular weight is 320 g/mol. The van der Waals surface area contributed by atoms with Gasteiger partial charge in [0.2, 0.25) is 0 Å². The van der Waals surface area contributed by atoms with Crippen molar-refractivity contribution in [3.8, 4) is 10.6 Å². The summed E-state index contributed by atoms with van der Waals surface area (Å²) in [6, 6.07) is 6.76. The van der Waals surface area contributed by atoms with Crippen LogP contribution < -0.4 is 0 Å². The lowest BCUT2D eigenvalue weighted by Crippen LogP contribution is -2.39. The van der Waals surface area contributed by atoms with Gasteiger partial charge in [0.1, 0.15) is 10.8 Å². The lowest BCUT2D eigenvalue weighted by molar-refractivity contribution is 0.0595. The van der Waals surface area contributed by atoms with Gasteiger partial charge in [0, 0.05) is 24.0 Å². The number of likely N-dealkylation sites (tertiary alicyclic amines) is 1. The minimum atomic E-state index is -0.257. The van der Waals surface area contributed by atoms with Gasteiger partial charge in [0.25, 0.3) is 0 Å². The van der Waals surface area contributed by atoms with Crippen LogP contribution in [0.4, 0.5) is 4.39 Å². The topological polar surface area (TPSA) is 36.4 Å². The van der Waals surface area contributed by atoms with Gasteiger partial charge in [0.15, 0.2) is 0 Å². The smallest absolute Gasteiger partial charge is 0.133 e. The Balaban J connectivity index is 1.68. The Kier molecular flexibility index (Phi) is 4.86. The highest BCUT2D eigenvalue weighted by atomic mass is 32.1. The molecule has 118 valence electrons. The predicted molar refractivity (Wildman–Crippen MR) is 87.2 cm³/mol. The number of thiazole rings is 1. The van der Waals surface area contributed by atoms with Gasteiger partial charge in [-0.1, -0.05) is 12.1 Å². The number of rotatable bonds is 4. The molecule has 1 fully saturated rings. The monoisotopic (exact) mass is 320 g/mol. The maximum atomic E-state index is 13.8. The lowest BCUT2D eigenvalue weighted by atomic mass is 9.93. The maximum Gasteiger partial charge on any atom is 0.133 e. The molecule has 0 spiro atoms. The molecule has 1 aromatic heterocycles. The molecular formula is C17H21FN2OS. The van der Waals surface area contributed by atoms with Crippen LogP contribution in [0, 0.1) is 11.7 Å². The summed E-state index contributed by atoms with van der Waals surface area (Å²) in [7, 11) is 0. The predicted octanol–water partition coefficient (Wildman–Crippen LogP) is 3.54. The van der Waals surface area contributed by atoms with Crippen LogP contribution in [-0.4, -0.2) is 34.2 Å². The highest BCUT2D eigenvalue weighted by Gasteiger charge is 2.24. The fraction of sp³-hybridized carbons (Fsp3) is 0.471. The molecule has 1 aromatic carbocycles. The number of hydrogen-bond donors (Lipinski definition) is 1. The van der Waals surface area contributed by atoms with Crippen LogP contribution in [-0.2, 0) is 6.54 Å². The van der Waals surface area contributed by atoms with Crippen LogP contribution in [0.1, 0.15) is 25.5 Å². The van der Waals surface area contributed by atoms with Gasteiger partial charge in [0.05, 0.1) is 11.8 Å². The number of aliphatic hydroxyl groups is 1. The summed E-state index contributed by atoms with van der Waals surface area (Å²) in [4.78, 5) is 6.91. The zero-order valence-corrected chi connectivity index (χ0v) is 13.5. The second kappa shape index (κ2) is 6.86. The molecule has 0 saturated carbocycles. The average Bonchev–Trinajstić information content (AvgIpc) is 2.96. The fourth-order valence-corrected chi connectivity index (χ4v) is 3.83. The minimum Gasteiger partial charge on any atom is -0.393 e. The zero-order valence-electron chi connectivity index (χ0n) is 12.7.